The summed E-state index contributed by atoms with van der Waals surface area (Å²) in [5, 5.41) is 3.26. The normalized spacial score (nSPS) is 11.9. The predicted octanol–water partition coefficient (Wildman–Crippen LogP) is 2.09. The zero-order valence-electron chi connectivity index (χ0n) is 9.39. The molecule has 3 nitrogen and oxygen atoms in total. The lowest BCUT2D eigenvalue weighted by molar-refractivity contribution is -0.120. The molecule has 0 heterocycles. The van der Waals surface area contributed by atoms with Crippen LogP contribution in [0.5, 0.6) is 0 Å². The number of ether oxygens (including phenoxy) is 1. The highest BCUT2D eigenvalue weighted by molar-refractivity contribution is 9.09. The van der Waals surface area contributed by atoms with Gasteiger partial charge in [-0.05, 0) is 34.1 Å². The number of alkyl halides is 1. The van der Waals surface area contributed by atoms with Gasteiger partial charge in [-0.1, -0.05) is 15.9 Å². The summed E-state index contributed by atoms with van der Waals surface area (Å²) < 4.78 is 5.43. The Hall–Kier alpha value is -0.0900. The van der Waals surface area contributed by atoms with Gasteiger partial charge in [0.25, 0.3) is 0 Å². The van der Waals surface area contributed by atoms with E-state index in [1.165, 1.54) is 0 Å². The van der Waals surface area contributed by atoms with Crippen molar-refractivity contribution < 1.29 is 9.53 Å². The molecule has 0 unspecified atom stereocenters. The van der Waals surface area contributed by atoms with Gasteiger partial charge in [0.05, 0.1) is 11.4 Å². The Kier molecular flexibility index (Phi) is 6.36. The van der Waals surface area contributed by atoms with Crippen molar-refractivity contribution in [2.45, 2.75) is 45.8 Å². The van der Waals surface area contributed by atoms with Crippen LogP contribution in [0.2, 0.25) is 0 Å². The Labute approximate surface area is 94.7 Å². The molecular weight excluding hydrogens is 246 g/mol. The molecule has 0 aliphatic rings. The molecular formula is C10H20BrNO2. The van der Waals surface area contributed by atoms with E-state index < -0.39 is 0 Å². The largest absolute Gasteiger partial charge is 0.379 e. The van der Waals surface area contributed by atoms with Crippen molar-refractivity contribution in [2.24, 2.45) is 0 Å². The molecule has 0 aromatic heterocycles. The average Bonchev–Trinajstić information content (AvgIpc) is 2.02. The molecule has 0 rings (SSSR count). The minimum Gasteiger partial charge on any atom is -0.379 e. The molecule has 84 valence electrons. The second kappa shape index (κ2) is 6.40. The van der Waals surface area contributed by atoms with Crippen LogP contribution in [0.4, 0.5) is 0 Å². The van der Waals surface area contributed by atoms with E-state index >= 15 is 0 Å². The van der Waals surface area contributed by atoms with E-state index in [9.17, 15) is 4.79 Å². The SMILES string of the molecule is CC(C)OCCC(C)(C)NC(=O)CBr. The first-order valence-electron chi connectivity index (χ1n) is 4.86. The molecule has 1 N–H and O–H groups in total. The Bertz CT molecular complexity index is 181. The summed E-state index contributed by atoms with van der Waals surface area (Å²) in [6.45, 7) is 8.68. The van der Waals surface area contributed by atoms with E-state index in [1.54, 1.807) is 0 Å². The fourth-order valence-electron chi connectivity index (χ4n) is 1.02. The highest BCUT2D eigenvalue weighted by Crippen LogP contribution is 2.09. The second-order valence-corrected chi connectivity index (χ2v) is 4.80. The third-order valence-corrected chi connectivity index (χ3v) is 2.29. The Morgan fingerprint density at radius 3 is 2.50 bits per heavy atom. The zero-order valence-corrected chi connectivity index (χ0v) is 11.0. The number of halogens is 1. The Morgan fingerprint density at radius 1 is 1.50 bits per heavy atom. The van der Waals surface area contributed by atoms with Crippen molar-refractivity contribution in [3.63, 3.8) is 0 Å². The van der Waals surface area contributed by atoms with Gasteiger partial charge in [0, 0.05) is 12.1 Å². The monoisotopic (exact) mass is 265 g/mol. The summed E-state index contributed by atoms with van der Waals surface area (Å²) in [4.78, 5) is 11.1. The Balaban J connectivity index is 3.77. The zero-order chi connectivity index (χ0) is 11.2. The summed E-state index contributed by atoms with van der Waals surface area (Å²) in [6.07, 6.45) is 1.07. The van der Waals surface area contributed by atoms with Crippen LogP contribution >= 0.6 is 15.9 Å². The molecule has 0 aliphatic carbocycles. The topological polar surface area (TPSA) is 38.3 Å². The van der Waals surface area contributed by atoms with Crippen molar-refractivity contribution in [1.82, 2.24) is 5.32 Å². The summed E-state index contributed by atoms with van der Waals surface area (Å²) >= 11 is 3.12. The first kappa shape index (κ1) is 13.9. The maximum Gasteiger partial charge on any atom is 0.231 e. The van der Waals surface area contributed by atoms with E-state index in [4.69, 9.17) is 4.74 Å². The van der Waals surface area contributed by atoms with Crippen molar-refractivity contribution >= 4 is 21.8 Å². The van der Waals surface area contributed by atoms with Crippen LogP contribution in [0.3, 0.4) is 0 Å². The molecule has 0 radical (unpaired) electrons. The standard InChI is InChI=1S/C10H20BrNO2/c1-8(2)14-6-5-10(3,4)12-9(13)7-11/h8H,5-7H2,1-4H3,(H,12,13). The van der Waals surface area contributed by atoms with Crippen molar-refractivity contribution in [1.29, 1.82) is 0 Å². The van der Waals surface area contributed by atoms with E-state index in [2.05, 4.69) is 21.2 Å². The molecule has 0 spiro atoms. The van der Waals surface area contributed by atoms with Gasteiger partial charge >= 0.3 is 0 Å². The molecule has 14 heavy (non-hydrogen) atoms. The van der Waals surface area contributed by atoms with E-state index in [0.717, 1.165) is 6.42 Å². The second-order valence-electron chi connectivity index (χ2n) is 4.24. The molecule has 1 amide bonds. The molecule has 0 saturated heterocycles. The van der Waals surface area contributed by atoms with Crippen molar-refractivity contribution in [3.8, 4) is 0 Å². The quantitative estimate of drug-likeness (QED) is 0.747. The Morgan fingerprint density at radius 2 is 2.07 bits per heavy atom. The van der Waals surface area contributed by atoms with Gasteiger partial charge < -0.3 is 10.1 Å². The minimum absolute atomic E-state index is 0.0135. The summed E-state index contributed by atoms with van der Waals surface area (Å²) in [5.74, 6) is 0.0135. The van der Waals surface area contributed by atoms with E-state index in [1.807, 2.05) is 27.7 Å². The highest BCUT2D eigenvalue weighted by atomic mass is 79.9. The third-order valence-electron chi connectivity index (χ3n) is 1.78. The highest BCUT2D eigenvalue weighted by Gasteiger charge is 2.19. The van der Waals surface area contributed by atoms with Crippen LogP contribution in [0.25, 0.3) is 0 Å². The molecule has 0 bridgehead atoms. The number of hydrogen-bond donors (Lipinski definition) is 1. The predicted molar refractivity (Wildman–Crippen MR) is 61.7 cm³/mol. The molecule has 0 saturated carbocycles. The third kappa shape index (κ3) is 7.33. The van der Waals surface area contributed by atoms with Gasteiger partial charge in [-0.3, -0.25) is 4.79 Å². The lowest BCUT2D eigenvalue weighted by atomic mass is 10.0. The summed E-state index contributed by atoms with van der Waals surface area (Å²) in [5.41, 5.74) is -0.195. The number of nitrogens with one attached hydrogen (secondary N) is 1. The molecule has 0 aliphatic heterocycles. The number of amides is 1. The number of carbonyl (C=O) groups excluding carboxylic acids is 1. The summed E-state index contributed by atoms with van der Waals surface area (Å²) in [7, 11) is 0. The van der Waals surface area contributed by atoms with Crippen LogP contribution in [0.15, 0.2) is 0 Å². The van der Waals surface area contributed by atoms with Crippen LogP contribution in [-0.4, -0.2) is 29.5 Å². The first-order chi connectivity index (χ1) is 6.37. The van der Waals surface area contributed by atoms with Crippen LogP contribution < -0.4 is 5.32 Å². The van der Waals surface area contributed by atoms with Crippen LogP contribution in [-0.2, 0) is 9.53 Å². The lowest BCUT2D eigenvalue weighted by Gasteiger charge is -2.26. The van der Waals surface area contributed by atoms with E-state index in [0.29, 0.717) is 11.9 Å². The molecule has 0 atom stereocenters. The smallest absolute Gasteiger partial charge is 0.231 e. The molecule has 0 fully saturated rings. The average molecular weight is 266 g/mol. The van der Waals surface area contributed by atoms with Crippen molar-refractivity contribution in [2.75, 3.05) is 11.9 Å². The fraction of sp³-hybridized carbons (Fsp3) is 0.900. The van der Waals surface area contributed by atoms with E-state index in [-0.39, 0.29) is 17.6 Å². The van der Waals surface area contributed by atoms with Gasteiger partial charge in [-0.2, -0.15) is 0 Å². The maximum absolute atomic E-state index is 11.1. The lowest BCUT2D eigenvalue weighted by Crippen LogP contribution is -2.44. The van der Waals surface area contributed by atoms with Gasteiger partial charge in [-0.15, -0.1) is 0 Å². The molecule has 0 aromatic carbocycles. The van der Waals surface area contributed by atoms with Crippen LogP contribution in [0.1, 0.15) is 34.1 Å². The fourth-order valence-corrected chi connectivity index (χ4v) is 1.16. The number of carbonyl (C=O) groups is 1. The van der Waals surface area contributed by atoms with Crippen molar-refractivity contribution in [3.05, 3.63) is 0 Å². The number of rotatable bonds is 6. The van der Waals surface area contributed by atoms with Gasteiger partial charge in [0.1, 0.15) is 0 Å². The minimum atomic E-state index is -0.195. The van der Waals surface area contributed by atoms with Crippen LogP contribution in [0, 0.1) is 0 Å². The molecule has 4 heteroatoms. The molecule has 0 aromatic rings. The van der Waals surface area contributed by atoms with Gasteiger partial charge in [0.2, 0.25) is 5.91 Å². The number of hydrogen-bond acceptors (Lipinski definition) is 2. The van der Waals surface area contributed by atoms with Gasteiger partial charge in [-0.25, -0.2) is 0 Å². The summed E-state index contributed by atoms with van der Waals surface area (Å²) in [6, 6.07) is 0. The van der Waals surface area contributed by atoms with Gasteiger partial charge in [0.15, 0.2) is 0 Å². The first-order valence-corrected chi connectivity index (χ1v) is 5.98. The maximum atomic E-state index is 11.1.